The fraction of sp³-hybridized carbons (Fsp3) is 0.667. The third-order valence-corrected chi connectivity index (χ3v) is 3.94. The van der Waals surface area contributed by atoms with E-state index in [1.165, 1.54) is 5.56 Å². The summed E-state index contributed by atoms with van der Waals surface area (Å²) in [5.41, 5.74) is 1.35. The van der Waals surface area contributed by atoms with Crippen molar-refractivity contribution in [1.29, 1.82) is 0 Å². The Kier molecular flexibility index (Phi) is 5.65. The van der Waals surface area contributed by atoms with Crippen LogP contribution in [0.25, 0.3) is 0 Å². The molecule has 3 heteroatoms. The van der Waals surface area contributed by atoms with E-state index in [9.17, 15) is 0 Å². The van der Waals surface area contributed by atoms with Crippen molar-refractivity contribution >= 4 is 0 Å². The van der Waals surface area contributed by atoms with Gasteiger partial charge in [0, 0.05) is 6.54 Å². The zero-order chi connectivity index (χ0) is 15.3. The van der Waals surface area contributed by atoms with Gasteiger partial charge in [-0.25, -0.2) is 0 Å². The number of benzene rings is 1. The first kappa shape index (κ1) is 16.3. The van der Waals surface area contributed by atoms with Crippen LogP contribution in [0.3, 0.4) is 0 Å². The first-order chi connectivity index (χ1) is 10.0. The van der Waals surface area contributed by atoms with Crippen LogP contribution >= 0.6 is 0 Å². The molecule has 1 aromatic carbocycles. The van der Waals surface area contributed by atoms with E-state index in [-0.39, 0.29) is 11.5 Å². The van der Waals surface area contributed by atoms with Crippen LogP contribution in [-0.4, -0.2) is 31.9 Å². The summed E-state index contributed by atoms with van der Waals surface area (Å²) in [4.78, 5) is 0. The second-order valence-electron chi connectivity index (χ2n) is 6.82. The van der Waals surface area contributed by atoms with E-state index in [4.69, 9.17) is 9.47 Å². The molecule has 0 amide bonds. The molecule has 1 fully saturated rings. The van der Waals surface area contributed by atoms with Gasteiger partial charge >= 0.3 is 0 Å². The van der Waals surface area contributed by atoms with Gasteiger partial charge in [0.2, 0.25) is 0 Å². The second-order valence-corrected chi connectivity index (χ2v) is 6.82. The number of likely N-dealkylation sites (N-methyl/N-ethyl adjacent to an activating group) is 1. The highest BCUT2D eigenvalue weighted by molar-refractivity contribution is 5.38. The van der Waals surface area contributed by atoms with Gasteiger partial charge in [0.25, 0.3) is 0 Å². The van der Waals surface area contributed by atoms with Gasteiger partial charge in [-0.05, 0) is 36.4 Å². The van der Waals surface area contributed by atoms with Gasteiger partial charge < -0.3 is 14.8 Å². The fourth-order valence-electron chi connectivity index (χ4n) is 2.75. The lowest BCUT2D eigenvalue weighted by molar-refractivity contribution is 0.0184. The molecule has 118 valence electrons. The molecule has 0 bridgehead atoms. The van der Waals surface area contributed by atoms with Gasteiger partial charge in [0.15, 0.2) is 0 Å². The maximum atomic E-state index is 6.05. The van der Waals surface area contributed by atoms with Crippen LogP contribution in [-0.2, 0) is 10.2 Å². The highest BCUT2D eigenvalue weighted by atomic mass is 16.5. The molecule has 0 aromatic heterocycles. The summed E-state index contributed by atoms with van der Waals surface area (Å²) >= 11 is 0. The van der Waals surface area contributed by atoms with Crippen LogP contribution in [0.1, 0.15) is 46.1 Å². The molecule has 0 aliphatic carbocycles. The Balaban J connectivity index is 1.87. The molecule has 1 aliphatic rings. The largest absolute Gasteiger partial charge is 0.491 e. The molecule has 1 aliphatic heterocycles. The predicted octanol–water partition coefficient (Wildman–Crippen LogP) is 3.52. The van der Waals surface area contributed by atoms with Crippen molar-refractivity contribution < 1.29 is 9.47 Å². The summed E-state index contributed by atoms with van der Waals surface area (Å²) in [5, 5.41) is 3.35. The Hall–Kier alpha value is -1.06. The molecule has 1 N–H and O–H groups in total. The van der Waals surface area contributed by atoms with Gasteiger partial charge in [0.1, 0.15) is 12.4 Å². The first-order valence-corrected chi connectivity index (χ1v) is 8.09. The van der Waals surface area contributed by atoms with Gasteiger partial charge in [-0.3, -0.25) is 0 Å². The lowest BCUT2D eigenvalue weighted by Gasteiger charge is -2.23. The summed E-state index contributed by atoms with van der Waals surface area (Å²) in [6.45, 7) is 11.4. The second kappa shape index (κ2) is 7.28. The average Bonchev–Trinajstić information content (AvgIpc) is 2.90. The van der Waals surface area contributed by atoms with Crippen LogP contribution in [0.15, 0.2) is 24.3 Å². The Bertz CT molecular complexity index is 439. The Morgan fingerprint density at radius 2 is 1.90 bits per heavy atom. The summed E-state index contributed by atoms with van der Waals surface area (Å²) in [6, 6.07) is 8.32. The van der Waals surface area contributed by atoms with Crippen LogP contribution in [0.5, 0.6) is 5.75 Å². The number of rotatable bonds is 6. The summed E-state index contributed by atoms with van der Waals surface area (Å²) in [6.07, 6.45) is 2.79. The molecule has 2 rings (SSSR count). The molecule has 0 saturated carbocycles. The lowest BCUT2D eigenvalue weighted by Crippen LogP contribution is -2.28. The van der Waals surface area contributed by atoms with Crippen LogP contribution in [0.4, 0.5) is 0 Å². The number of hydrogen-bond donors (Lipinski definition) is 1. The van der Waals surface area contributed by atoms with Crippen molar-refractivity contribution in [3.8, 4) is 5.75 Å². The van der Waals surface area contributed by atoms with Crippen LogP contribution in [0.2, 0.25) is 0 Å². The molecule has 2 unspecified atom stereocenters. The average molecular weight is 291 g/mol. The molecule has 0 spiro atoms. The minimum absolute atomic E-state index is 0.0979. The van der Waals surface area contributed by atoms with E-state index in [1.54, 1.807) is 0 Å². The summed E-state index contributed by atoms with van der Waals surface area (Å²) < 4.78 is 12.1. The van der Waals surface area contributed by atoms with E-state index in [0.29, 0.717) is 12.7 Å². The fourth-order valence-corrected chi connectivity index (χ4v) is 2.75. The maximum absolute atomic E-state index is 6.05. The summed E-state index contributed by atoms with van der Waals surface area (Å²) in [5.74, 6) is 0.990. The molecular formula is C18H29NO2. The third-order valence-electron chi connectivity index (χ3n) is 3.94. The van der Waals surface area contributed by atoms with Gasteiger partial charge in [0.05, 0.1) is 12.2 Å². The van der Waals surface area contributed by atoms with Crippen LogP contribution < -0.4 is 10.1 Å². The SMILES string of the molecule is CCNCC1CCC(COc2ccccc2C(C)(C)C)O1. The highest BCUT2D eigenvalue weighted by Gasteiger charge is 2.26. The number of hydrogen-bond acceptors (Lipinski definition) is 3. The molecule has 1 saturated heterocycles. The van der Waals surface area contributed by atoms with Crippen molar-refractivity contribution in [2.75, 3.05) is 19.7 Å². The number of ether oxygens (including phenoxy) is 2. The van der Waals surface area contributed by atoms with Gasteiger partial charge in [-0.15, -0.1) is 0 Å². The minimum Gasteiger partial charge on any atom is -0.491 e. The Labute approximate surface area is 129 Å². The predicted molar refractivity (Wildman–Crippen MR) is 87.1 cm³/mol. The zero-order valence-corrected chi connectivity index (χ0v) is 13.8. The molecule has 3 nitrogen and oxygen atoms in total. The van der Waals surface area contributed by atoms with Crippen molar-refractivity contribution in [3.05, 3.63) is 29.8 Å². The summed E-state index contributed by atoms with van der Waals surface area (Å²) in [7, 11) is 0. The molecule has 21 heavy (non-hydrogen) atoms. The smallest absolute Gasteiger partial charge is 0.123 e. The highest BCUT2D eigenvalue weighted by Crippen LogP contribution is 2.31. The molecule has 1 heterocycles. The van der Waals surface area contributed by atoms with Gasteiger partial charge in [-0.2, -0.15) is 0 Å². The van der Waals surface area contributed by atoms with E-state index < -0.39 is 0 Å². The van der Waals surface area contributed by atoms with E-state index in [2.05, 4.69) is 51.2 Å². The van der Waals surface area contributed by atoms with Crippen molar-refractivity contribution in [2.24, 2.45) is 0 Å². The standard InChI is InChI=1S/C18H29NO2/c1-5-19-12-14-10-11-15(21-14)13-20-17-9-7-6-8-16(17)18(2,3)4/h6-9,14-15,19H,5,10-13H2,1-4H3. The maximum Gasteiger partial charge on any atom is 0.123 e. The quantitative estimate of drug-likeness (QED) is 0.870. The Morgan fingerprint density at radius 1 is 1.19 bits per heavy atom. The zero-order valence-electron chi connectivity index (χ0n) is 13.8. The molecule has 1 aromatic rings. The normalized spacial score (nSPS) is 22.5. The van der Waals surface area contributed by atoms with E-state index in [0.717, 1.165) is 31.7 Å². The molecular weight excluding hydrogens is 262 g/mol. The van der Waals surface area contributed by atoms with E-state index >= 15 is 0 Å². The van der Waals surface area contributed by atoms with Crippen molar-refractivity contribution in [3.63, 3.8) is 0 Å². The lowest BCUT2D eigenvalue weighted by atomic mass is 9.86. The molecule has 0 radical (unpaired) electrons. The number of para-hydroxylation sites is 1. The van der Waals surface area contributed by atoms with E-state index in [1.807, 2.05) is 6.07 Å². The van der Waals surface area contributed by atoms with Crippen molar-refractivity contribution in [2.45, 2.75) is 58.2 Å². The third kappa shape index (κ3) is 4.72. The monoisotopic (exact) mass is 291 g/mol. The number of nitrogens with one attached hydrogen (secondary N) is 1. The first-order valence-electron chi connectivity index (χ1n) is 8.09. The minimum atomic E-state index is 0.0979. The molecule has 2 atom stereocenters. The Morgan fingerprint density at radius 3 is 2.62 bits per heavy atom. The van der Waals surface area contributed by atoms with Crippen molar-refractivity contribution in [1.82, 2.24) is 5.32 Å². The topological polar surface area (TPSA) is 30.5 Å². The van der Waals surface area contributed by atoms with Gasteiger partial charge in [-0.1, -0.05) is 45.9 Å². The van der Waals surface area contributed by atoms with Crippen LogP contribution in [0, 0.1) is 0 Å².